The summed E-state index contributed by atoms with van der Waals surface area (Å²) in [6.45, 7) is 3.33. The van der Waals surface area contributed by atoms with Crippen LogP contribution in [0.5, 0.6) is 0 Å². The Hall–Kier alpha value is -1.62. The average Bonchev–Trinajstić information content (AvgIpc) is 2.70. The van der Waals surface area contributed by atoms with Crippen LogP contribution in [0.2, 0.25) is 0 Å². The summed E-state index contributed by atoms with van der Waals surface area (Å²) in [7, 11) is 0. The maximum Gasteiger partial charge on any atom is 0.416 e. The summed E-state index contributed by atoms with van der Waals surface area (Å²) in [6.07, 6.45) is -4.33. The SMILES string of the molecule is CC(=O)c1cc(-c2ccc(C(F)(F)F)cc2)c(C)s1. The number of Topliss-reactive ketones (excluding diaryl/α,β-unsaturated/α-hetero) is 1. The average molecular weight is 284 g/mol. The van der Waals surface area contributed by atoms with Crippen LogP contribution in [0.1, 0.15) is 27.0 Å². The number of ketones is 1. The molecule has 0 atom stereocenters. The minimum atomic E-state index is -4.33. The second kappa shape index (κ2) is 4.81. The smallest absolute Gasteiger partial charge is 0.294 e. The molecule has 0 fully saturated rings. The molecule has 0 saturated heterocycles. The summed E-state index contributed by atoms with van der Waals surface area (Å²) in [5, 5.41) is 0. The van der Waals surface area contributed by atoms with E-state index in [9.17, 15) is 18.0 Å². The van der Waals surface area contributed by atoms with Crippen LogP contribution in [-0.4, -0.2) is 5.78 Å². The first-order chi connectivity index (χ1) is 8.79. The molecule has 100 valence electrons. The number of hydrogen-bond donors (Lipinski definition) is 0. The topological polar surface area (TPSA) is 17.1 Å². The van der Waals surface area contributed by atoms with Gasteiger partial charge in [0.05, 0.1) is 10.4 Å². The molecule has 0 aliphatic carbocycles. The van der Waals surface area contributed by atoms with E-state index in [1.807, 2.05) is 6.92 Å². The lowest BCUT2D eigenvalue weighted by Gasteiger charge is -2.07. The first-order valence-corrected chi connectivity index (χ1v) is 6.39. The quantitative estimate of drug-likeness (QED) is 0.713. The largest absolute Gasteiger partial charge is 0.416 e. The van der Waals surface area contributed by atoms with Crippen molar-refractivity contribution in [2.45, 2.75) is 20.0 Å². The maximum absolute atomic E-state index is 12.5. The van der Waals surface area contributed by atoms with Crippen molar-refractivity contribution in [2.75, 3.05) is 0 Å². The van der Waals surface area contributed by atoms with Crippen molar-refractivity contribution in [1.82, 2.24) is 0 Å². The van der Waals surface area contributed by atoms with E-state index in [0.29, 0.717) is 10.4 Å². The number of benzene rings is 1. The molecule has 0 spiro atoms. The van der Waals surface area contributed by atoms with Crippen molar-refractivity contribution in [2.24, 2.45) is 0 Å². The van der Waals surface area contributed by atoms with E-state index < -0.39 is 11.7 Å². The molecule has 19 heavy (non-hydrogen) atoms. The fourth-order valence-corrected chi connectivity index (χ4v) is 2.72. The van der Waals surface area contributed by atoms with Crippen LogP contribution in [-0.2, 0) is 6.18 Å². The summed E-state index contributed by atoms with van der Waals surface area (Å²) in [6, 6.07) is 6.70. The molecular weight excluding hydrogens is 273 g/mol. The predicted octanol–water partition coefficient (Wildman–Crippen LogP) is 4.94. The van der Waals surface area contributed by atoms with E-state index >= 15 is 0 Å². The molecule has 0 unspecified atom stereocenters. The highest BCUT2D eigenvalue weighted by Crippen LogP contribution is 2.34. The maximum atomic E-state index is 12.5. The summed E-state index contributed by atoms with van der Waals surface area (Å²) >= 11 is 1.36. The molecule has 0 amide bonds. The van der Waals surface area contributed by atoms with Crippen LogP contribution >= 0.6 is 11.3 Å². The Bertz CT molecular complexity index is 609. The van der Waals surface area contributed by atoms with Crippen LogP contribution in [0.25, 0.3) is 11.1 Å². The van der Waals surface area contributed by atoms with Gasteiger partial charge >= 0.3 is 6.18 Å². The third kappa shape index (κ3) is 2.87. The van der Waals surface area contributed by atoms with Gasteiger partial charge in [-0.1, -0.05) is 12.1 Å². The Morgan fingerprint density at radius 1 is 1.16 bits per heavy atom. The van der Waals surface area contributed by atoms with Crippen LogP contribution in [0.4, 0.5) is 13.2 Å². The van der Waals surface area contributed by atoms with Crippen molar-refractivity contribution in [3.8, 4) is 11.1 Å². The third-order valence-electron chi connectivity index (χ3n) is 2.79. The molecule has 0 bridgehead atoms. The number of thiophene rings is 1. The van der Waals surface area contributed by atoms with Crippen molar-refractivity contribution >= 4 is 17.1 Å². The summed E-state index contributed by atoms with van der Waals surface area (Å²) in [5.41, 5.74) is 0.828. The van der Waals surface area contributed by atoms with Crippen molar-refractivity contribution in [1.29, 1.82) is 0 Å². The molecule has 2 rings (SSSR count). The van der Waals surface area contributed by atoms with Gasteiger partial charge in [0.25, 0.3) is 0 Å². The summed E-state index contributed by atoms with van der Waals surface area (Å²) in [4.78, 5) is 12.8. The lowest BCUT2D eigenvalue weighted by atomic mass is 10.0. The van der Waals surface area contributed by atoms with Gasteiger partial charge in [-0.15, -0.1) is 11.3 Å². The Labute approximate surface area is 112 Å². The zero-order valence-corrected chi connectivity index (χ0v) is 11.2. The number of hydrogen-bond acceptors (Lipinski definition) is 2. The molecule has 0 aliphatic heterocycles. The van der Waals surface area contributed by atoms with E-state index in [1.54, 1.807) is 6.07 Å². The molecule has 5 heteroatoms. The molecule has 0 N–H and O–H groups in total. The van der Waals surface area contributed by atoms with Crippen LogP contribution in [0.15, 0.2) is 30.3 Å². The molecule has 1 aromatic heterocycles. The molecule has 0 radical (unpaired) electrons. The van der Waals surface area contributed by atoms with Gasteiger partial charge in [0, 0.05) is 4.88 Å². The van der Waals surface area contributed by atoms with Crippen molar-refractivity contribution in [3.05, 3.63) is 45.6 Å². The molecule has 1 heterocycles. The zero-order valence-electron chi connectivity index (χ0n) is 10.3. The highest BCUT2D eigenvalue weighted by Gasteiger charge is 2.30. The van der Waals surface area contributed by atoms with Crippen molar-refractivity contribution < 1.29 is 18.0 Å². The summed E-state index contributed by atoms with van der Waals surface area (Å²) in [5.74, 6) is -0.0359. The number of aryl methyl sites for hydroxylation is 1. The molecule has 2 aromatic rings. The monoisotopic (exact) mass is 284 g/mol. The second-order valence-corrected chi connectivity index (χ2v) is 5.47. The highest BCUT2D eigenvalue weighted by atomic mass is 32.1. The van der Waals surface area contributed by atoms with E-state index in [1.165, 1.54) is 30.4 Å². The van der Waals surface area contributed by atoms with Gasteiger partial charge in [-0.2, -0.15) is 13.2 Å². The second-order valence-electron chi connectivity index (χ2n) is 4.21. The first-order valence-electron chi connectivity index (χ1n) is 5.58. The fraction of sp³-hybridized carbons (Fsp3) is 0.214. The third-order valence-corrected chi connectivity index (χ3v) is 3.94. The molecular formula is C14H11F3OS. The number of carbonyl (C=O) groups is 1. The number of alkyl halides is 3. The Kier molecular flexibility index (Phi) is 3.49. The normalized spacial score (nSPS) is 11.6. The van der Waals surface area contributed by atoms with Gasteiger partial charge < -0.3 is 0 Å². The van der Waals surface area contributed by atoms with Crippen LogP contribution in [0, 0.1) is 6.92 Å². The first kappa shape index (κ1) is 13.8. The van der Waals surface area contributed by atoms with Crippen LogP contribution in [0.3, 0.4) is 0 Å². The zero-order chi connectivity index (χ0) is 14.2. The van der Waals surface area contributed by atoms with E-state index in [0.717, 1.165) is 22.6 Å². The van der Waals surface area contributed by atoms with Gasteiger partial charge in [0.2, 0.25) is 0 Å². The van der Waals surface area contributed by atoms with Crippen LogP contribution < -0.4 is 0 Å². The molecule has 1 aromatic carbocycles. The Morgan fingerprint density at radius 2 is 1.74 bits per heavy atom. The Morgan fingerprint density at radius 3 is 2.16 bits per heavy atom. The standard InChI is InChI=1S/C14H11F3OS/c1-8(18)13-7-12(9(2)19-13)10-3-5-11(6-4-10)14(15,16)17/h3-7H,1-2H3. The number of carbonyl (C=O) groups excluding carboxylic acids is 1. The Balaban J connectivity index is 2.40. The predicted molar refractivity (Wildman–Crippen MR) is 69.5 cm³/mol. The van der Waals surface area contributed by atoms with E-state index in [-0.39, 0.29) is 5.78 Å². The van der Waals surface area contributed by atoms with Gasteiger partial charge in [-0.25, -0.2) is 0 Å². The molecule has 0 saturated carbocycles. The summed E-state index contributed by atoms with van der Waals surface area (Å²) < 4.78 is 37.4. The fourth-order valence-electron chi connectivity index (χ4n) is 1.78. The number of halogens is 3. The molecule has 0 aliphatic rings. The van der Waals surface area contributed by atoms with E-state index in [4.69, 9.17) is 0 Å². The van der Waals surface area contributed by atoms with E-state index in [2.05, 4.69) is 0 Å². The van der Waals surface area contributed by atoms with Gasteiger partial charge in [0.15, 0.2) is 5.78 Å². The van der Waals surface area contributed by atoms with Gasteiger partial charge in [-0.05, 0) is 43.2 Å². The lowest BCUT2D eigenvalue weighted by molar-refractivity contribution is -0.137. The van der Waals surface area contributed by atoms with Gasteiger partial charge in [0.1, 0.15) is 0 Å². The molecule has 1 nitrogen and oxygen atoms in total. The van der Waals surface area contributed by atoms with Gasteiger partial charge in [-0.3, -0.25) is 4.79 Å². The number of rotatable bonds is 2. The minimum Gasteiger partial charge on any atom is -0.294 e. The minimum absolute atomic E-state index is 0.0359. The van der Waals surface area contributed by atoms with Crippen molar-refractivity contribution in [3.63, 3.8) is 0 Å². The lowest BCUT2D eigenvalue weighted by Crippen LogP contribution is -2.03. The highest BCUT2D eigenvalue weighted by molar-refractivity contribution is 7.14.